The lowest BCUT2D eigenvalue weighted by Crippen LogP contribution is -2.40. The van der Waals surface area contributed by atoms with Gasteiger partial charge in [0, 0.05) is 30.0 Å². The Kier molecular flexibility index (Phi) is 7.24. The number of rotatable bonds is 3. The average Bonchev–Trinajstić information content (AvgIpc) is 3.25. The molecule has 0 spiro atoms. The first-order valence-corrected chi connectivity index (χ1v) is 12.3. The summed E-state index contributed by atoms with van der Waals surface area (Å²) < 4.78 is 4.60. The van der Waals surface area contributed by atoms with E-state index in [9.17, 15) is 9.59 Å². The van der Waals surface area contributed by atoms with E-state index >= 15 is 0 Å². The summed E-state index contributed by atoms with van der Waals surface area (Å²) in [5, 5.41) is 0.840. The smallest absolute Gasteiger partial charge is 0.286 e. The zero-order valence-corrected chi connectivity index (χ0v) is 21.0. The summed E-state index contributed by atoms with van der Waals surface area (Å²) in [6.07, 6.45) is 6.59. The van der Waals surface area contributed by atoms with Crippen molar-refractivity contribution in [2.24, 2.45) is 7.05 Å². The zero-order chi connectivity index (χ0) is 24.4. The van der Waals surface area contributed by atoms with Crippen molar-refractivity contribution >= 4 is 34.4 Å². The van der Waals surface area contributed by atoms with Crippen molar-refractivity contribution in [2.45, 2.75) is 52.0 Å². The van der Waals surface area contributed by atoms with Crippen LogP contribution in [0.15, 0.2) is 52.2 Å². The monoisotopic (exact) mass is 499 g/mol. The van der Waals surface area contributed by atoms with Gasteiger partial charge in [0.2, 0.25) is 0 Å². The third-order valence-electron chi connectivity index (χ3n) is 6.11. The molecule has 7 nitrogen and oxygen atoms in total. The minimum atomic E-state index is -0.411. The van der Waals surface area contributed by atoms with Crippen molar-refractivity contribution in [3.05, 3.63) is 73.6 Å². The second kappa shape index (κ2) is 10.2. The van der Waals surface area contributed by atoms with E-state index in [0.717, 1.165) is 32.1 Å². The number of fused-ring (bicyclic) bond motifs is 1. The van der Waals surface area contributed by atoms with Crippen LogP contribution in [0.2, 0.25) is 10.2 Å². The summed E-state index contributed by atoms with van der Waals surface area (Å²) >= 11 is 12.5. The number of nitrogens with zero attached hydrogens (tertiary/aromatic N) is 5. The maximum absolute atomic E-state index is 13.4. The third-order valence-corrected chi connectivity index (χ3v) is 6.67. The topological polar surface area (TPSA) is 74.7 Å². The van der Waals surface area contributed by atoms with Crippen LogP contribution in [0.25, 0.3) is 28.2 Å². The Morgan fingerprint density at radius 1 is 0.971 bits per heavy atom. The molecule has 0 saturated heterocycles. The lowest BCUT2D eigenvalue weighted by molar-refractivity contribution is 0.345. The predicted octanol–water partition coefficient (Wildman–Crippen LogP) is 5.79. The second-order valence-corrected chi connectivity index (χ2v) is 8.86. The average molecular weight is 500 g/mol. The van der Waals surface area contributed by atoms with Gasteiger partial charge in [0.25, 0.3) is 5.56 Å². The fourth-order valence-electron chi connectivity index (χ4n) is 4.51. The Labute approximate surface area is 207 Å². The molecule has 0 atom stereocenters. The highest BCUT2D eigenvalue weighted by Gasteiger charge is 2.27. The lowest BCUT2D eigenvalue weighted by atomic mass is 9.95. The van der Waals surface area contributed by atoms with Gasteiger partial charge >= 0.3 is 5.69 Å². The van der Waals surface area contributed by atoms with Crippen molar-refractivity contribution in [3.8, 4) is 17.1 Å². The molecule has 1 aliphatic rings. The number of halogens is 2. The molecule has 0 amide bonds. The van der Waals surface area contributed by atoms with Crippen LogP contribution in [0, 0.1) is 0 Å². The van der Waals surface area contributed by atoms with Crippen LogP contribution < -0.4 is 11.2 Å². The molecule has 1 saturated carbocycles. The molecule has 4 aromatic rings. The summed E-state index contributed by atoms with van der Waals surface area (Å²) in [6, 6.07) is 10.7. The van der Waals surface area contributed by atoms with Crippen molar-refractivity contribution in [3.63, 3.8) is 0 Å². The molecule has 0 aliphatic heterocycles. The number of pyridine rings is 1. The number of aromatic nitrogens is 5. The van der Waals surface area contributed by atoms with E-state index in [1.807, 2.05) is 26.0 Å². The molecule has 178 valence electrons. The van der Waals surface area contributed by atoms with Crippen LogP contribution in [0.5, 0.6) is 0 Å². The molecule has 3 heterocycles. The summed E-state index contributed by atoms with van der Waals surface area (Å²) in [7, 11) is 1.51. The van der Waals surface area contributed by atoms with E-state index < -0.39 is 5.56 Å². The molecule has 0 unspecified atom stereocenters. The quantitative estimate of drug-likeness (QED) is 0.334. The van der Waals surface area contributed by atoms with Gasteiger partial charge in [-0.05, 0) is 49.2 Å². The maximum Gasteiger partial charge on any atom is 0.332 e. The number of imidazole rings is 1. The fourth-order valence-corrected chi connectivity index (χ4v) is 4.84. The van der Waals surface area contributed by atoms with E-state index in [1.165, 1.54) is 11.6 Å². The summed E-state index contributed by atoms with van der Waals surface area (Å²) in [4.78, 5) is 35.6. The molecule has 1 aromatic carbocycles. The van der Waals surface area contributed by atoms with E-state index in [1.54, 1.807) is 39.6 Å². The minimum Gasteiger partial charge on any atom is -0.286 e. The Balaban J connectivity index is 0.00000133. The van der Waals surface area contributed by atoms with Crippen LogP contribution in [-0.4, -0.2) is 23.7 Å². The predicted molar refractivity (Wildman–Crippen MR) is 137 cm³/mol. The van der Waals surface area contributed by atoms with Crippen molar-refractivity contribution in [2.75, 3.05) is 0 Å². The van der Waals surface area contributed by atoms with E-state index in [-0.39, 0.29) is 16.9 Å². The normalized spacial score (nSPS) is 14.1. The van der Waals surface area contributed by atoms with Crippen LogP contribution in [0.3, 0.4) is 0 Å². The van der Waals surface area contributed by atoms with Gasteiger partial charge < -0.3 is 0 Å². The molecular weight excluding hydrogens is 473 g/mol. The van der Waals surface area contributed by atoms with Crippen molar-refractivity contribution < 1.29 is 0 Å². The molecule has 5 rings (SSSR count). The minimum absolute atomic E-state index is 0.00339. The second-order valence-electron chi connectivity index (χ2n) is 8.07. The third kappa shape index (κ3) is 4.18. The Hall–Kier alpha value is -2.90. The number of benzene rings is 1. The molecule has 1 aliphatic carbocycles. The van der Waals surface area contributed by atoms with Gasteiger partial charge in [0.15, 0.2) is 17.0 Å². The molecule has 9 heteroatoms. The summed E-state index contributed by atoms with van der Waals surface area (Å²) in [6.45, 7) is 4.00. The molecule has 0 N–H and O–H groups in total. The van der Waals surface area contributed by atoms with Gasteiger partial charge in [-0.1, -0.05) is 56.3 Å². The summed E-state index contributed by atoms with van der Waals surface area (Å²) in [5.41, 5.74) is 1.21. The molecule has 0 bridgehead atoms. The van der Waals surface area contributed by atoms with Crippen molar-refractivity contribution in [1.82, 2.24) is 23.7 Å². The van der Waals surface area contributed by atoms with Crippen molar-refractivity contribution in [1.29, 1.82) is 0 Å². The molecule has 34 heavy (non-hydrogen) atoms. The molecular formula is C25H27Cl2N5O2. The van der Waals surface area contributed by atoms with Gasteiger partial charge in [0.1, 0.15) is 5.15 Å². The fraction of sp³-hybridized carbons (Fsp3) is 0.360. The largest absolute Gasteiger partial charge is 0.332 e. The van der Waals surface area contributed by atoms with Crippen LogP contribution in [-0.2, 0) is 7.05 Å². The molecule has 1 fully saturated rings. The Morgan fingerprint density at radius 3 is 2.29 bits per heavy atom. The highest BCUT2D eigenvalue weighted by molar-refractivity contribution is 6.32. The first-order valence-electron chi connectivity index (χ1n) is 11.6. The van der Waals surface area contributed by atoms with E-state index in [0.29, 0.717) is 33.3 Å². The van der Waals surface area contributed by atoms with Crippen LogP contribution >= 0.6 is 23.2 Å². The Bertz CT molecular complexity index is 1430. The molecule has 3 aromatic heterocycles. The van der Waals surface area contributed by atoms with Gasteiger partial charge in [-0.3, -0.25) is 18.5 Å². The standard InChI is InChI=1S/C23H21Cl2N5O2.C2H6/c1-28-22(31)18-21(30(23(28)32)15-6-3-2-4-7-15)27-20(17-8-5-13-26-19(17)25)29(18)16-11-9-14(24)10-12-16;1-2/h5,8-13,15H,2-4,6-7H2,1H3;1-2H3. The van der Waals surface area contributed by atoms with Gasteiger partial charge in [-0.2, -0.15) is 0 Å². The SMILES string of the molecule is CC.Cn1c(=O)c2c(nc(-c3cccnc3Cl)n2-c2ccc(Cl)cc2)n(C2CCCCC2)c1=O. The Morgan fingerprint density at radius 2 is 1.65 bits per heavy atom. The van der Waals surface area contributed by atoms with Crippen LogP contribution in [0.1, 0.15) is 52.0 Å². The highest BCUT2D eigenvalue weighted by atomic mass is 35.5. The van der Waals surface area contributed by atoms with Crippen LogP contribution in [0.4, 0.5) is 0 Å². The van der Waals surface area contributed by atoms with Gasteiger partial charge in [0.05, 0.1) is 5.56 Å². The van der Waals surface area contributed by atoms with E-state index in [4.69, 9.17) is 28.2 Å². The first-order chi connectivity index (χ1) is 16.5. The lowest BCUT2D eigenvalue weighted by Gasteiger charge is -2.24. The summed E-state index contributed by atoms with van der Waals surface area (Å²) in [5.74, 6) is 0.452. The van der Waals surface area contributed by atoms with Gasteiger partial charge in [-0.25, -0.2) is 14.8 Å². The first kappa shape index (κ1) is 24.2. The number of hydrogen-bond donors (Lipinski definition) is 0. The van der Waals surface area contributed by atoms with Gasteiger partial charge in [-0.15, -0.1) is 0 Å². The number of hydrogen-bond acceptors (Lipinski definition) is 4. The highest BCUT2D eigenvalue weighted by Crippen LogP contribution is 2.33. The van der Waals surface area contributed by atoms with E-state index in [2.05, 4.69) is 4.98 Å². The zero-order valence-electron chi connectivity index (χ0n) is 19.5. The molecule has 0 radical (unpaired) electrons. The maximum atomic E-state index is 13.4.